The van der Waals surface area contributed by atoms with Crippen LogP contribution in [0.2, 0.25) is 0 Å². The van der Waals surface area contributed by atoms with Crippen molar-refractivity contribution < 1.29 is 4.74 Å². The summed E-state index contributed by atoms with van der Waals surface area (Å²) in [6, 6.07) is 10.8. The van der Waals surface area contributed by atoms with E-state index in [1.165, 1.54) is 5.56 Å². The molecule has 1 atom stereocenters. The largest absolute Gasteiger partial charge is 0.378 e. The normalized spacial score (nSPS) is 22.4. The minimum absolute atomic E-state index is 0.113. The lowest BCUT2D eigenvalue weighted by molar-refractivity contribution is -0.0590. The molecule has 3 heteroatoms. The van der Waals surface area contributed by atoms with Crippen molar-refractivity contribution in [2.75, 3.05) is 39.9 Å². The van der Waals surface area contributed by atoms with E-state index >= 15 is 0 Å². The lowest BCUT2D eigenvalue weighted by atomic mass is 9.80. The maximum absolute atomic E-state index is 5.64. The van der Waals surface area contributed by atoms with Gasteiger partial charge in [0.25, 0.3) is 0 Å². The molecule has 1 aromatic carbocycles. The van der Waals surface area contributed by atoms with Gasteiger partial charge in [-0.2, -0.15) is 0 Å². The first-order chi connectivity index (χ1) is 9.48. The number of hydrogen-bond donors (Lipinski definition) is 1. The van der Waals surface area contributed by atoms with Crippen LogP contribution in [0.4, 0.5) is 0 Å². The third kappa shape index (κ3) is 3.40. The average molecular weight is 276 g/mol. The first-order valence-electron chi connectivity index (χ1n) is 7.51. The summed E-state index contributed by atoms with van der Waals surface area (Å²) in [4.78, 5) is 2.57. The monoisotopic (exact) mass is 276 g/mol. The van der Waals surface area contributed by atoms with Crippen molar-refractivity contribution in [2.45, 2.75) is 31.7 Å². The molecule has 0 bridgehead atoms. The highest BCUT2D eigenvalue weighted by Gasteiger charge is 2.36. The average Bonchev–Trinajstić information content (AvgIpc) is 2.42. The smallest absolute Gasteiger partial charge is 0.0645 e. The molecule has 1 unspecified atom stereocenters. The molecule has 0 aliphatic carbocycles. The minimum atomic E-state index is 0.113. The van der Waals surface area contributed by atoms with Crippen molar-refractivity contribution in [3.8, 4) is 0 Å². The van der Waals surface area contributed by atoms with Gasteiger partial charge in [0.05, 0.1) is 13.2 Å². The predicted octanol–water partition coefficient (Wildman–Crippen LogP) is 2.27. The van der Waals surface area contributed by atoms with Gasteiger partial charge in [0.2, 0.25) is 0 Å². The molecule has 1 N–H and O–H groups in total. The SMILES string of the molecule is CNCC(C)(CN1CCOCC1(C)C)c1ccccc1. The van der Waals surface area contributed by atoms with Crippen molar-refractivity contribution in [1.82, 2.24) is 10.2 Å². The van der Waals surface area contributed by atoms with Crippen LogP contribution in [0.5, 0.6) is 0 Å². The zero-order chi connectivity index (χ0) is 14.6. The fraction of sp³-hybridized carbons (Fsp3) is 0.647. The van der Waals surface area contributed by atoms with Crippen LogP contribution in [0.25, 0.3) is 0 Å². The lowest BCUT2D eigenvalue weighted by Crippen LogP contribution is -2.58. The van der Waals surface area contributed by atoms with E-state index in [-0.39, 0.29) is 11.0 Å². The van der Waals surface area contributed by atoms with Crippen LogP contribution >= 0.6 is 0 Å². The molecule has 0 spiro atoms. The fourth-order valence-electron chi connectivity index (χ4n) is 3.08. The van der Waals surface area contributed by atoms with Crippen LogP contribution in [-0.2, 0) is 10.2 Å². The highest BCUT2D eigenvalue weighted by atomic mass is 16.5. The third-order valence-corrected chi connectivity index (χ3v) is 4.39. The maximum Gasteiger partial charge on any atom is 0.0645 e. The zero-order valence-corrected chi connectivity index (χ0v) is 13.3. The molecule has 1 fully saturated rings. The standard InChI is InChI=1S/C17H28N2O/c1-16(2)14-20-11-10-19(16)13-17(3,12-18-4)15-8-6-5-7-9-15/h5-9,18H,10-14H2,1-4H3. The molecular formula is C17H28N2O. The van der Waals surface area contributed by atoms with Gasteiger partial charge in [-0.25, -0.2) is 0 Å². The van der Waals surface area contributed by atoms with Crippen molar-refractivity contribution >= 4 is 0 Å². The van der Waals surface area contributed by atoms with Crippen LogP contribution in [0, 0.1) is 0 Å². The van der Waals surface area contributed by atoms with Gasteiger partial charge in [-0.05, 0) is 26.5 Å². The Kier molecular flexibility index (Phi) is 4.84. The molecule has 0 radical (unpaired) electrons. The highest BCUT2D eigenvalue weighted by Crippen LogP contribution is 2.29. The molecule has 20 heavy (non-hydrogen) atoms. The first-order valence-corrected chi connectivity index (χ1v) is 7.51. The summed E-state index contributed by atoms with van der Waals surface area (Å²) >= 11 is 0. The highest BCUT2D eigenvalue weighted by molar-refractivity contribution is 5.26. The van der Waals surface area contributed by atoms with E-state index in [2.05, 4.69) is 61.3 Å². The van der Waals surface area contributed by atoms with E-state index in [4.69, 9.17) is 4.74 Å². The molecule has 0 amide bonds. The first kappa shape index (κ1) is 15.5. The summed E-state index contributed by atoms with van der Waals surface area (Å²) in [5.41, 5.74) is 1.63. The second-order valence-corrected chi connectivity index (χ2v) is 6.74. The molecule has 1 heterocycles. The maximum atomic E-state index is 5.64. The van der Waals surface area contributed by atoms with Crippen molar-refractivity contribution in [3.63, 3.8) is 0 Å². The zero-order valence-electron chi connectivity index (χ0n) is 13.3. The predicted molar refractivity (Wildman–Crippen MR) is 84.2 cm³/mol. The van der Waals surface area contributed by atoms with Gasteiger partial charge in [-0.1, -0.05) is 37.3 Å². The van der Waals surface area contributed by atoms with E-state index in [1.54, 1.807) is 0 Å². The molecule has 2 rings (SSSR count). The van der Waals surface area contributed by atoms with Crippen LogP contribution in [-0.4, -0.2) is 50.3 Å². The molecule has 1 aliphatic heterocycles. The van der Waals surface area contributed by atoms with Crippen molar-refractivity contribution in [1.29, 1.82) is 0 Å². The Bertz CT molecular complexity index is 418. The topological polar surface area (TPSA) is 24.5 Å². The van der Waals surface area contributed by atoms with Gasteiger partial charge in [-0.15, -0.1) is 0 Å². The van der Waals surface area contributed by atoms with Crippen molar-refractivity contribution in [3.05, 3.63) is 35.9 Å². The number of ether oxygens (including phenoxy) is 1. The number of nitrogens with zero attached hydrogens (tertiary/aromatic N) is 1. The summed E-state index contributed by atoms with van der Waals surface area (Å²) < 4.78 is 5.64. The number of hydrogen-bond acceptors (Lipinski definition) is 3. The summed E-state index contributed by atoms with van der Waals surface area (Å²) in [7, 11) is 2.03. The summed E-state index contributed by atoms with van der Waals surface area (Å²) in [6.45, 7) is 11.6. The molecule has 1 saturated heterocycles. The van der Waals surface area contributed by atoms with Crippen LogP contribution in [0.1, 0.15) is 26.3 Å². The number of benzene rings is 1. The Balaban J connectivity index is 2.20. The third-order valence-electron chi connectivity index (χ3n) is 4.39. The number of rotatable bonds is 5. The molecule has 112 valence electrons. The van der Waals surface area contributed by atoms with E-state index in [0.717, 1.165) is 32.8 Å². The molecule has 0 aromatic heterocycles. The van der Waals surface area contributed by atoms with Gasteiger partial charge in [0, 0.05) is 30.6 Å². The van der Waals surface area contributed by atoms with Crippen molar-refractivity contribution in [2.24, 2.45) is 0 Å². The van der Waals surface area contributed by atoms with Gasteiger partial charge in [0.1, 0.15) is 0 Å². The minimum Gasteiger partial charge on any atom is -0.378 e. The number of likely N-dealkylation sites (N-methyl/N-ethyl adjacent to an activating group) is 1. The molecule has 3 nitrogen and oxygen atoms in total. The van der Waals surface area contributed by atoms with Crippen LogP contribution in [0.3, 0.4) is 0 Å². The molecule has 1 aliphatic rings. The van der Waals surface area contributed by atoms with E-state index in [1.807, 2.05) is 7.05 Å². The Morgan fingerprint density at radius 3 is 2.60 bits per heavy atom. The van der Waals surface area contributed by atoms with E-state index < -0.39 is 0 Å². The number of morpholine rings is 1. The summed E-state index contributed by atoms with van der Waals surface area (Å²) in [5, 5.41) is 3.37. The van der Waals surface area contributed by atoms with Gasteiger partial charge in [-0.3, -0.25) is 4.90 Å². The van der Waals surface area contributed by atoms with E-state index in [0.29, 0.717) is 0 Å². The Morgan fingerprint density at radius 1 is 1.30 bits per heavy atom. The lowest BCUT2D eigenvalue weighted by Gasteiger charge is -2.46. The number of nitrogens with one attached hydrogen (secondary N) is 1. The summed E-state index contributed by atoms with van der Waals surface area (Å²) in [6.07, 6.45) is 0. The Hall–Kier alpha value is -0.900. The quantitative estimate of drug-likeness (QED) is 0.893. The fourth-order valence-corrected chi connectivity index (χ4v) is 3.08. The summed E-state index contributed by atoms with van der Waals surface area (Å²) in [5.74, 6) is 0. The Morgan fingerprint density at radius 2 is 2.00 bits per heavy atom. The second-order valence-electron chi connectivity index (χ2n) is 6.74. The van der Waals surface area contributed by atoms with Gasteiger partial charge in [0.15, 0.2) is 0 Å². The molecular weight excluding hydrogens is 248 g/mol. The Labute approximate surface area is 123 Å². The molecule has 0 saturated carbocycles. The van der Waals surface area contributed by atoms with Crippen LogP contribution < -0.4 is 5.32 Å². The molecule has 1 aromatic rings. The van der Waals surface area contributed by atoms with Gasteiger partial charge >= 0.3 is 0 Å². The van der Waals surface area contributed by atoms with Gasteiger partial charge < -0.3 is 10.1 Å². The van der Waals surface area contributed by atoms with E-state index in [9.17, 15) is 0 Å². The second kappa shape index (κ2) is 6.25. The van der Waals surface area contributed by atoms with Crippen LogP contribution in [0.15, 0.2) is 30.3 Å².